The topological polar surface area (TPSA) is 65.0 Å². The van der Waals surface area contributed by atoms with Crippen molar-refractivity contribution in [1.29, 1.82) is 0 Å². The number of carbonyl (C=O) groups is 1. The molecule has 0 unspecified atom stereocenters. The van der Waals surface area contributed by atoms with Crippen LogP contribution in [0.4, 0.5) is 0 Å². The van der Waals surface area contributed by atoms with Crippen LogP contribution in [0.15, 0.2) is 18.2 Å². The minimum absolute atomic E-state index is 0.0210. The summed E-state index contributed by atoms with van der Waals surface area (Å²) in [6.45, 7) is 1.08. The second-order valence-corrected chi connectivity index (χ2v) is 5.71. The molecule has 21 heavy (non-hydrogen) atoms. The molecule has 1 aromatic carbocycles. The van der Waals surface area contributed by atoms with Gasteiger partial charge in [-0.15, -0.1) is 0 Å². The van der Waals surface area contributed by atoms with E-state index >= 15 is 0 Å². The number of ether oxygens (including phenoxy) is 3. The summed E-state index contributed by atoms with van der Waals surface area (Å²) in [6, 6.07) is 5.50. The summed E-state index contributed by atoms with van der Waals surface area (Å²) >= 11 is 0. The monoisotopic (exact) mass is 292 g/mol. The Labute approximate surface area is 123 Å². The average molecular weight is 292 g/mol. The van der Waals surface area contributed by atoms with Crippen molar-refractivity contribution in [2.45, 2.75) is 37.2 Å². The van der Waals surface area contributed by atoms with Gasteiger partial charge in [0, 0.05) is 5.56 Å². The summed E-state index contributed by atoms with van der Waals surface area (Å²) in [5, 5.41) is 9.79. The highest BCUT2D eigenvalue weighted by molar-refractivity contribution is 5.83. The minimum Gasteiger partial charge on any atom is -0.493 e. The number of carboxylic acid groups (broad SMARTS) is 1. The van der Waals surface area contributed by atoms with E-state index < -0.39 is 11.4 Å². The van der Waals surface area contributed by atoms with Gasteiger partial charge in [0.15, 0.2) is 11.5 Å². The molecule has 0 bridgehead atoms. The van der Waals surface area contributed by atoms with Crippen molar-refractivity contribution in [3.8, 4) is 11.5 Å². The summed E-state index contributed by atoms with van der Waals surface area (Å²) in [5.74, 6) is 0.382. The second kappa shape index (κ2) is 5.56. The molecule has 2 fully saturated rings. The molecule has 1 aromatic rings. The van der Waals surface area contributed by atoms with Gasteiger partial charge in [0.2, 0.25) is 0 Å². The van der Waals surface area contributed by atoms with Crippen LogP contribution in [0.25, 0.3) is 0 Å². The Kier molecular flexibility index (Phi) is 3.76. The molecule has 1 N–H and O–H groups in total. The van der Waals surface area contributed by atoms with E-state index in [-0.39, 0.29) is 6.10 Å². The Morgan fingerprint density at radius 1 is 1.33 bits per heavy atom. The van der Waals surface area contributed by atoms with Crippen LogP contribution in [0.2, 0.25) is 0 Å². The summed E-state index contributed by atoms with van der Waals surface area (Å²) < 4.78 is 16.5. The second-order valence-electron chi connectivity index (χ2n) is 5.71. The number of hydrogen-bond donors (Lipinski definition) is 1. The number of aliphatic carboxylic acids is 1. The zero-order valence-electron chi connectivity index (χ0n) is 12.1. The molecule has 5 nitrogen and oxygen atoms in total. The van der Waals surface area contributed by atoms with E-state index in [1.807, 2.05) is 18.2 Å². The molecule has 0 radical (unpaired) electrons. The zero-order valence-corrected chi connectivity index (χ0v) is 12.1. The van der Waals surface area contributed by atoms with E-state index in [9.17, 15) is 9.90 Å². The fraction of sp³-hybridized carbons (Fsp3) is 0.562. The third kappa shape index (κ3) is 2.35. The lowest BCUT2D eigenvalue weighted by Gasteiger charge is -2.32. The zero-order chi connectivity index (χ0) is 14.9. The highest BCUT2D eigenvalue weighted by Gasteiger charge is 2.45. The van der Waals surface area contributed by atoms with Crippen LogP contribution >= 0.6 is 0 Å². The van der Waals surface area contributed by atoms with Crippen LogP contribution in [0.5, 0.6) is 11.5 Å². The van der Waals surface area contributed by atoms with Gasteiger partial charge in [-0.1, -0.05) is 25.0 Å². The van der Waals surface area contributed by atoms with Crippen molar-refractivity contribution in [3.05, 3.63) is 23.8 Å². The van der Waals surface area contributed by atoms with Crippen LogP contribution in [0, 0.1) is 0 Å². The van der Waals surface area contributed by atoms with Crippen molar-refractivity contribution >= 4 is 5.97 Å². The number of benzene rings is 1. The maximum absolute atomic E-state index is 11.9. The number of methoxy groups -OCH3 is 1. The highest BCUT2D eigenvalue weighted by Crippen LogP contribution is 2.48. The maximum atomic E-state index is 11.9. The van der Waals surface area contributed by atoms with Gasteiger partial charge in [-0.05, 0) is 18.9 Å². The summed E-state index contributed by atoms with van der Waals surface area (Å²) in [6.07, 6.45) is 3.12. The lowest BCUT2D eigenvalue weighted by Crippen LogP contribution is -2.40. The molecule has 1 heterocycles. The Hall–Kier alpha value is -1.75. The predicted octanol–water partition coefficient (Wildman–Crippen LogP) is 2.37. The van der Waals surface area contributed by atoms with Gasteiger partial charge in [0.1, 0.15) is 6.10 Å². The van der Waals surface area contributed by atoms with Gasteiger partial charge < -0.3 is 19.3 Å². The van der Waals surface area contributed by atoms with Gasteiger partial charge >= 0.3 is 5.97 Å². The van der Waals surface area contributed by atoms with Gasteiger partial charge in [-0.3, -0.25) is 4.79 Å². The highest BCUT2D eigenvalue weighted by atomic mass is 16.6. The maximum Gasteiger partial charge on any atom is 0.314 e. The molecule has 0 aromatic heterocycles. The van der Waals surface area contributed by atoms with E-state index in [1.54, 1.807) is 7.11 Å². The molecule has 2 aliphatic rings. The minimum atomic E-state index is -0.853. The Morgan fingerprint density at radius 2 is 2.05 bits per heavy atom. The van der Waals surface area contributed by atoms with Gasteiger partial charge in [-0.2, -0.15) is 0 Å². The molecule has 1 aliphatic carbocycles. The third-order valence-corrected chi connectivity index (χ3v) is 4.47. The van der Waals surface area contributed by atoms with E-state index in [4.69, 9.17) is 14.2 Å². The first-order valence-corrected chi connectivity index (χ1v) is 7.32. The Bertz CT molecular complexity index is 529. The molecule has 1 aliphatic heterocycles. The van der Waals surface area contributed by atoms with Crippen molar-refractivity contribution < 1.29 is 24.1 Å². The third-order valence-electron chi connectivity index (χ3n) is 4.47. The van der Waals surface area contributed by atoms with Gasteiger partial charge in [0.05, 0.1) is 25.7 Å². The van der Waals surface area contributed by atoms with Crippen LogP contribution in [0.1, 0.15) is 31.2 Å². The van der Waals surface area contributed by atoms with E-state index in [0.717, 1.165) is 18.4 Å². The molecule has 0 atom stereocenters. The number of carboxylic acids is 1. The molecule has 5 heteroatoms. The lowest BCUT2D eigenvalue weighted by atomic mass is 9.78. The lowest BCUT2D eigenvalue weighted by molar-refractivity contribution is -0.143. The van der Waals surface area contributed by atoms with Crippen molar-refractivity contribution in [2.75, 3.05) is 20.3 Å². The molecule has 1 saturated carbocycles. The number of para-hydroxylation sites is 1. The van der Waals surface area contributed by atoms with E-state index in [1.165, 1.54) is 0 Å². The first kappa shape index (κ1) is 14.2. The standard InChI is InChI=1S/C16H20O5/c1-19-13-6-4-5-12(14(13)21-11-9-20-10-11)16(15(17)18)7-2-3-8-16/h4-6,11H,2-3,7-10H2,1H3,(H,17,18). The van der Waals surface area contributed by atoms with Gasteiger partial charge in [0.25, 0.3) is 0 Å². The quantitative estimate of drug-likeness (QED) is 0.902. The molecule has 114 valence electrons. The fourth-order valence-electron chi connectivity index (χ4n) is 3.20. The SMILES string of the molecule is COc1cccc(C2(C(=O)O)CCCC2)c1OC1COC1. The Morgan fingerprint density at radius 3 is 2.57 bits per heavy atom. The molecular weight excluding hydrogens is 272 g/mol. The van der Waals surface area contributed by atoms with Crippen LogP contribution in [-0.4, -0.2) is 37.5 Å². The van der Waals surface area contributed by atoms with Gasteiger partial charge in [-0.25, -0.2) is 0 Å². The van der Waals surface area contributed by atoms with E-state index in [0.29, 0.717) is 37.6 Å². The largest absolute Gasteiger partial charge is 0.493 e. The summed E-state index contributed by atoms with van der Waals surface area (Å²) in [4.78, 5) is 11.9. The summed E-state index contributed by atoms with van der Waals surface area (Å²) in [7, 11) is 1.57. The Balaban J connectivity index is 2.05. The van der Waals surface area contributed by atoms with E-state index in [2.05, 4.69) is 0 Å². The summed E-state index contributed by atoms with van der Waals surface area (Å²) in [5.41, 5.74) is -0.118. The number of rotatable bonds is 5. The molecular formula is C16H20O5. The average Bonchev–Trinajstić information content (AvgIpc) is 2.93. The fourth-order valence-corrected chi connectivity index (χ4v) is 3.20. The van der Waals surface area contributed by atoms with Crippen molar-refractivity contribution in [2.24, 2.45) is 0 Å². The van der Waals surface area contributed by atoms with Crippen molar-refractivity contribution in [3.63, 3.8) is 0 Å². The van der Waals surface area contributed by atoms with Crippen LogP contribution in [0.3, 0.4) is 0 Å². The predicted molar refractivity (Wildman–Crippen MR) is 76.0 cm³/mol. The normalized spacial score (nSPS) is 20.8. The first-order chi connectivity index (χ1) is 10.2. The van der Waals surface area contributed by atoms with Crippen LogP contribution in [-0.2, 0) is 14.9 Å². The van der Waals surface area contributed by atoms with Crippen molar-refractivity contribution in [1.82, 2.24) is 0 Å². The van der Waals surface area contributed by atoms with Crippen LogP contribution < -0.4 is 9.47 Å². The molecule has 1 saturated heterocycles. The smallest absolute Gasteiger partial charge is 0.314 e. The molecule has 0 spiro atoms. The molecule has 3 rings (SSSR count). The number of hydrogen-bond acceptors (Lipinski definition) is 4. The molecule has 0 amide bonds. The first-order valence-electron chi connectivity index (χ1n) is 7.32.